The van der Waals surface area contributed by atoms with Crippen molar-refractivity contribution in [2.24, 2.45) is 5.92 Å². The van der Waals surface area contributed by atoms with Crippen molar-refractivity contribution in [2.75, 3.05) is 11.9 Å². The van der Waals surface area contributed by atoms with Gasteiger partial charge in [-0.05, 0) is 29.7 Å². The summed E-state index contributed by atoms with van der Waals surface area (Å²) in [6.45, 7) is 5.61. The van der Waals surface area contributed by atoms with E-state index in [0.29, 0.717) is 5.92 Å². The largest absolute Gasteiger partial charge is 0.384 e. The van der Waals surface area contributed by atoms with Crippen LogP contribution in [-0.4, -0.2) is 6.54 Å². The number of fused-ring (bicyclic) bond motifs is 1. The lowest BCUT2D eigenvalue weighted by Crippen LogP contribution is -2.10. The Morgan fingerprint density at radius 3 is 3.07 bits per heavy atom. The SMILES string of the molecule is CCC(C)C1CNc2ccc(Cl)cc21. The maximum atomic E-state index is 6.01. The molecule has 1 aliphatic heterocycles. The van der Waals surface area contributed by atoms with Crippen molar-refractivity contribution in [1.29, 1.82) is 0 Å². The number of nitrogens with one attached hydrogen (secondary N) is 1. The molecule has 1 aromatic carbocycles. The van der Waals surface area contributed by atoms with Gasteiger partial charge in [0.1, 0.15) is 0 Å². The average molecular weight is 210 g/mol. The van der Waals surface area contributed by atoms with Crippen molar-refractivity contribution < 1.29 is 0 Å². The number of hydrogen-bond donors (Lipinski definition) is 1. The Kier molecular flexibility index (Phi) is 2.69. The number of rotatable bonds is 2. The lowest BCUT2D eigenvalue weighted by atomic mass is 9.87. The first-order chi connectivity index (χ1) is 6.72. The van der Waals surface area contributed by atoms with Crippen molar-refractivity contribution in [1.82, 2.24) is 0 Å². The van der Waals surface area contributed by atoms with Crippen molar-refractivity contribution in [3.05, 3.63) is 28.8 Å². The predicted octanol–water partition coefficient (Wildman–Crippen LogP) is 3.90. The van der Waals surface area contributed by atoms with E-state index in [0.717, 1.165) is 17.5 Å². The smallest absolute Gasteiger partial charge is 0.0410 e. The first-order valence-corrected chi connectivity index (χ1v) is 5.63. The fourth-order valence-electron chi connectivity index (χ4n) is 2.12. The highest BCUT2D eigenvalue weighted by atomic mass is 35.5. The van der Waals surface area contributed by atoms with Gasteiger partial charge in [-0.25, -0.2) is 0 Å². The van der Waals surface area contributed by atoms with Crippen LogP contribution in [0.25, 0.3) is 0 Å². The predicted molar refractivity (Wildman–Crippen MR) is 62.1 cm³/mol. The second-order valence-electron chi connectivity index (χ2n) is 4.10. The Bertz CT molecular complexity index is 335. The summed E-state index contributed by atoms with van der Waals surface area (Å²) in [6.07, 6.45) is 1.22. The Morgan fingerprint density at radius 2 is 2.36 bits per heavy atom. The van der Waals surface area contributed by atoms with Crippen LogP contribution in [0.4, 0.5) is 5.69 Å². The van der Waals surface area contributed by atoms with E-state index in [2.05, 4.69) is 31.3 Å². The van der Waals surface area contributed by atoms with Crippen LogP contribution < -0.4 is 5.32 Å². The summed E-state index contributed by atoms with van der Waals surface area (Å²) < 4.78 is 0. The second kappa shape index (κ2) is 3.82. The number of hydrogen-bond acceptors (Lipinski definition) is 1. The van der Waals surface area contributed by atoms with Gasteiger partial charge in [0.25, 0.3) is 0 Å². The highest BCUT2D eigenvalue weighted by Crippen LogP contribution is 2.38. The molecule has 76 valence electrons. The zero-order valence-electron chi connectivity index (χ0n) is 8.68. The molecule has 0 fully saturated rings. The van der Waals surface area contributed by atoms with Crippen LogP contribution >= 0.6 is 11.6 Å². The van der Waals surface area contributed by atoms with Gasteiger partial charge in [-0.3, -0.25) is 0 Å². The van der Waals surface area contributed by atoms with Crippen LogP contribution in [0, 0.1) is 5.92 Å². The molecule has 0 aromatic heterocycles. The molecule has 2 rings (SSSR count). The summed E-state index contributed by atoms with van der Waals surface area (Å²) in [4.78, 5) is 0. The molecule has 0 saturated heterocycles. The van der Waals surface area contributed by atoms with Gasteiger partial charge >= 0.3 is 0 Å². The van der Waals surface area contributed by atoms with Gasteiger partial charge in [0.05, 0.1) is 0 Å². The van der Waals surface area contributed by atoms with Crippen molar-refractivity contribution in [3.8, 4) is 0 Å². The molecule has 14 heavy (non-hydrogen) atoms. The minimum atomic E-state index is 0.633. The molecule has 1 aliphatic rings. The topological polar surface area (TPSA) is 12.0 Å². The molecule has 0 radical (unpaired) electrons. The molecule has 0 aliphatic carbocycles. The first kappa shape index (κ1) is 9.85. The molecule has 2 atom stereocenters. The molecule has 0 saturated carbocycles. The Hall–Kier alpha value is -0.690. The summed E-state index contributed by atoms with van der Waals surface area (Å²) in [5.41, 5.74) is 2.66. The minimum Gasteiger partial charge on any atom is -0.384 e. The molecule has 1 heterocycles. The van der Waals surface area contributed by atoms with Crippen molar-refractivity contribution >= 4 is 17.3 Å². The van der Waals surface area contributed by atoms with Gasteiger partial charge in [-0.2, -0.15) is 0 Å². The third-order valence-corrected chi connectivity index (χ3v) is 3.49. The van der Waals surface area contributed by atoms with Crippen LogP contribution in [0.1, 0.15) is 31.7 Å². The molecular formula is C12H16ClN. The highest BCUT2D eigenvalue weighted by Gasteiger charge is 2.25. The van der Waals surface area contributed by atoms with Gasteiger partial charge in [0, 0.05) is 23.2 Å². The third kappa shape index (κ3) is 1.61. The van der Waals surface area contributed by atoms with Gasteiger partial charge in [0.2, 0.25) is 0 Å². The van der Waals surface area contributed by atoms with Gasteiger partial charge in [-0.15, -0.1) is 0 Å². The molecule has 0 spiro atoms. The van der Waals surface area contributed by atoms with E-state index in [1.165, 1.54) is 17.7 Å². The van der Waals surface area contributed by atoms with Gasteiger partial charge in [-0.1, -0.05) is 31.9 Å². The highest BCUT2D eigenvalue weighted by molar-refractivity contribution is 6.30. The lowest BCUT2D eigenvalue weighted by molar-refractivity contribution is 0.472. The van der Waals surface area contributed by atoms with Crippen LogP contribution in [0.15, 0.2) is 18.2 Å². The van der Waals surface area contributed by atoms with E-state index in [1.54, 1.807) is 0 Å². The molecule has 2 heteroatoms. The maximum absolute atomic E-state index is 6.01. The standard InChI is InChI=1S/C12H16ClN/c1-3-8(2)11-7-14-12-5-4-9(13)6-10(11)12/h4-6,8,11,14H,3,7H2,1-2H3. The summed E-state index contributed by atoms with van der Waals surface area (Å²) in [5.74, 6) is 1.36. The molecule has 0 amide bonds. The molecule has 1 N–H and O–H groups in total. The number of anilines is 1. The summed E-state index contributed by atoms with van der Waals surface area (Å²) in [7, 11) is 0. The third-order valence-electron chi connectivity index (χ3n) is 3.26. The van der Waals surface area contributed by atoms with E-state index in [-0.39, 0.29) is 0 Å². The van der Waals surface area contributed by atoms with Crippen LogP contribution in [0.5, 0.6) is 0 Å². The fourth-order valence-corrected chi connectivity index (χ4v) is 2.30. The summed E-state index contributed by atoms with van der Waals surface area (Å²) in [6, 6.07) is 6.14. The minimum absolute atomic E-state index is 0.633. The van der Waals surface area contributed by atoms with Gasteiger partial charge < -0.3 is 5.32 Å². The number of halogens is 1. The quantitative estimate of drug-likeness (QED) is 0.779. The summed E-state index contributed by atoms with van der Waals surface area (Å²) >= 11 is 6.01. The van der Waals surface area contributed by atoms with Crippen LogP contribution in [0.2, 0.25) is 5.02 Å². The lowest BCUT2D eigenvalue weighted by Gasteiger charge is -2.17. The van der Waals surface area contributed by atoms with Crippen molar-refractivity contribution in [2.45, 2.75) is 26.2 Å². The zero-order chi connectivity index (χ0) is 10.1. The monoisotopic (exact) mass is 209 g/mol. The Labute approximate surface area is 90.5 Å². The normalized spacial score (nSPS) is 21.5. The molecule has 0 bridgehead atoms. The van der Waals surface area contributed by atoms with E-state index in [9.17, 15) is 0 Å². The number of benzene rings is 1. The van der Waals surface area contributed by atoms with E-state index < -0.39 is 0 Å². The van der Waals surface area contributed by atoms with E-state index >= 15 is 0 Å². The molecular weight excluding hydrogens is 194 g/mol. The Morgan fingerprint density at radius 1 is 1.57 bits per heavy atom. The molecule has 1 aromatic rings. The molecule has 2 unspecified atom stereocenters. The molecule has 1 nitrogen and oxygen atoms in total. The second-order valence-corrected chi connectivity index (χ2v) is 4.54. The first-order valence-electron chi connectivity index (χ1n) is 5.25. The van der Waals surface area contributed by atoms with Crippen molar-refractivity contribution in [3.63, 3.8) is 0 Å². The Balaban J connectivity index is 2.33. The van der Waals surface area contributed by atoms with E-state index in [4.69, 9.17) is 11.6 Å². The van der Waals surface area contributed by atoms with Gasteiger partial charge in [0.15, 0.2) is 0 Å². The average Bonchev–Trinajstić information content (AvgIpc) is 2.59. The summed E-state index contributed by atoms with van der Waals surface area (Å²) in [5, 5.41) is 4.28. The zero-order valence-corrected chi connectivity index (χ0v) is 9.43. The fraction of sp³-hybridized carbons (Fsp3) is 0.500. The van der Waals surface area contributed by atoms with Crippen LogP contribution in [-0.2, 0) is 0 Å². The van der Waals surface area contributed by atoms with E-state index in [1.807, 2.05) is 6.07 Å². The van der Waals surface area contributed by atoms with Crippen LogP contribution in [0.3, 0.4) is 0 Å². The maximum Gasteiger partial charge on any atom is 0.0410 e.